The van der Waals surface area contributed by atoms with Crippen molar-refractivity contribution in [1.29, 1.82) is 0 Å². The topological polar surface area (TPSA) is 26.0 Å². The zero-order valence-corrected chi connectivity index (χ0v) is 16.5. The molecule has 0 saturated carbocycles. The number of nitrogens with zero attached hydrogens (tertiary/aromatic N) is 4. The summed E-state index contributed by atoms with van der Waals surface area (Å²) in [6.07, 6.45) is 0. The predicted molar refractivity (Wildman–Crippen MR) is 111 cm³/mol. The Kier molecular flexibility index (Phi) is 5.24. The molecule has 1 saturated heterocycles. The van der Waals surface area contributed by atoms with E-state index < -0.39 is 0 Å². The van der Waals surface area contributed by atoms with E-state index in [9.17, 15) is 0 Å². The van der Waals surface area contributed by atoms with Crippen LogP contribution in [0.25, 0.3) is 17.1 Å². The van der Waals surface area contributed by atoms with E-state index in [0.29, 0.717) is 0 Å². The normalized spacial score (nSPS) is 15.3. The maximum absolute atomic E-state index is 5.83. The molecular weight excluding hydrogens is 360 g/mol. The van der Waals surface area contributed by atoms with Crippen LogP contribution >= 0.6 is 24.0 Å². The summed E-state index contributed by atoms with van der Waals surface area (Å²) < 4.78 is 4.79. The van der Waals surface area contributed by atoms with E-state index in [2.05, 4.69) is 52.8 Å². The van der Waals surface area contributed by atoms with Crippen molar-refractivity contribution in [2.24, 2.45) is 0 Å². The number of benzene rings is 2. The molecule has 0 spiro atoms. The molecule has 0 bridgehead atoms. The second-order valence-electron chi connectivity index (χ2n) is 6.51. The molecule has 1 aliphatic heterocycles. The number of thioether (sulfide) groups is 1. The van der Waals surface area contributed by atoms with Gasteiger partial charge in [0, 0.05) is 35.8 Å². The van der Waals surface area contributed by atoms with Gasteiger partial charge in [0.05, 0.1) is 6.67 Å². The smallest absolute Gasteiger partial charge is 0.204 e. The molecule has 0 N–H and O–H groups in total. The molecule has 0 atom stereocenters. The van der Waals surface area contributed by atoms with Gasteiger partial charge >= 0.3 is 0 Å². The Morgan fingerprint density at radius 3 is 2.38 bits per heavy atom. The molecule has 4 nitrogen and oxygen atoms in total. The summed E-state index contributed by atoms with van der Waals surface area (Å²) in [7, 11) is 0. The molecule has 6 heteroatoms. The molecule has 4 rings (SSSR count). The lowest BCUT2D eigenvalue weighted by atomic mass is 10.2. The highest BCUT2D eigenvalue weighted by Crippen LogP contribution is 2.23. The third-order valence-corrected chi connectivity index (χ3v) is 5.94. The minimum atomic E-state index is 0.742. The molecule has 1 aromatic heterocycles. The van der Waals surface area contributed by atoms with E-state index in [1.807, 2.05) is 34.6 Å². The predicted octanol–water partition coefficient (Wildman–Crippen LogP) is 4.39. The fraction of sp³-hybridized carbons (Fsp3) is 0.300. The van der Waals surface area contributed by atoms with Crippen molar-refractivity contribution >= 4 is 24.0 Å². The SMILES string of the molecule is Cc1ccc(-n2c(-c3ccccc3)nn(CN3CCSCC3)c2=S)cc1. The van der Waals surface area contributed by atoms with Gasteiger partial charge in [-0.05, 0) is 31.3 Å². The molecule has 0 aliphatic carbocycles. The highest BCUT2D eigenvalue weighted by molar-refractivity contribution is 7.99. The van der Waals surface area contributed by atoms with Crippen molar-refractivity contribution in [1.82, 2.24) is 19.2 Å². The van der Waals surface area contributed by atoms with Crippen molar-refractivity contribution in [3.8, 4) is 17.1 Å². The molecule has 2 heterocycles. The summed E-state index contributed by atoms with van der Waals surface area (Å²) in [5, 5.41) is 4.90. The lowest BCUT2D eigenvalue weighted by Gasteiger charge is -2.25. The highest BCUT2D eigenvalue weighted by Gasteiger charge is 2.17. The van der Waals surface area contributed by atoms with Crippen LogP contribution in [0, 0.1) is 11.7 Å². The van der Waals surface area contributed by atoms with Gasteiger partial charge in [0.1, 0.15) is 0 Å². The van der Waals surface area contributed by atoms with E-state index in [-0.39, 0.29) is 0 Å². The molecule has 1 aliphatic rings. The van der Waals surface area contributed by atoms with E-state index in [0.717, 1.165) is 41.6 Å². The Labute approximate surface area is 163 Å². The van der Waals surface area contributed by atoms with Gasteiger partial charge in [-0.25, -0.2) is 4.68 Å². The molecule has 2 aromatic carbocycles. The van der Waals surface area contributed by atoms with Crippen LogP contribution in [0.4, 0.5) is 0 Å². The van der Waals surface area contributed by atoms with Crippen LogP contribution in [0.1, 0.15) is 5.56 Å². The lowest BCUT2D eigenvalue weighted by molar-refractivity contribution is 0.226. The summed E-state index contributed by atoms with van der Waals surface area (Å²) in [4.78, 5) is 2.42. The fourth-order valence-corrected chi connectivity index (χ4v) is 4.40. The summed E-state index contributed by atoms with van der Waals surface area (Å²) in [6.45, 7) is 5.02. The Balaban J connectivity index is 1.79. The Bertz CT molecular complexity index is 923. The molecule has 0 unspecified atom stereocenters. The molecule has 3 aromatic rings. The van der Waals surface area contributed by atoms with E-state index in [4.69, 9.17) is 17.3 Å². The zero-order chi connectivity index (χ0) is 17.9. The number of hydrogen-bond acceptors (Lipinski definition) is 4. The van der Waals surface area contributed by atoms with Crippen molar-refractivity contribution in [3.05, 3.63) is 64.9 Å². The Morgan fingerprint density at radius 1 is 1.00 bits per heavy atom. The third kappa shape index (κ3) is 3.63. The van der Waals surface area contributed by atoms with E-state index >= 15 is 0 Å². The number of aryl methyl sites for hydroxylation is 1. The largest absolute Gasteiger partial charge is 0.283 e. The van der Waals surface area contributed by atoms with Gasteiger partial charge in [0.2, 0.25) is 4.77 Å². The molecule has 1 fully saturated rings. The number of hydrogen-bond donors (Lipinski definition) is 0. The van der Waals surface area contributed by atoms with Gasteiger partial charge in [-0.2, -0.15) is 11.8 Å². The average Bonchev–Trinajstić information content (AvgIpc) is 3.00. The van der Waals surface area contributed by atoms with Crippen molar-refractivity contribution in [3.63, 3.8) is 0 Å². The molecule has 26 heavy (non-hydrogen) atoms. The van der Waals surface area contributed by atoms with Gasteiger partial charge in [-0.3, -0.25) is 9.47 Å². The van der Waals surface area contributed by atoms with Crippen LogP contribution in [0.5, 0.6) is 0 Å². The average molecular weight is 383 g/mol. The van der Waals surface area contributed by atoms with Gasteiger partial charge in [0.25, 0.3) is 0 Å². The quantitative estimate of drug-likeness (QED) is 0.625. The van der Waals surface area contributed by atoms with Gasteiger partial charge in [0.15, 0.2) is 5.82 Å². The minimum absolute atomic E-state index is 0.742. The van der Waals surface area contributed by atoms with Crippen LogP contribution in [0.2, 0.25) is 0 Å². The van der Waals surface area contributed by atoms with Crippen molar-refractivity contribution in [2.75, 3.05) is 24.6 Å². The Hall–Kier alpha value is -1.89. The summed E-state index contributed by atoms with van der Waals surface area (Å²) in [6, 6.07) is 18.7. The van der Waals surface area contributed by atoms with Crippen LogP contribution in [0.15, 0.2) is 54.6 Å². The van der Waals surface area contributed by atoms with Crippen LogP contribution in [0.3, 0.4) is 0 Å². The number of rotatable bonds is 4. The summed E-state index contributed by atoms with van der Waals surface area (Å²) in [5.74, 6) is 3.25. The standard InChI is InChI=1S/C20H22N4S2/c1-16-7-9-18(10-8-16)24-19(17-5-3-2-4-6-17)21-23(20(24)25)15-22-11-13-26-14-12-22/h2-10H,11-15H2,1H3. The first-order valence-electron chi connectivity index (χ1n) is 8.85. The van der Waals surface area contributed by atoms with Crippen LogP contribution < -0.4 is 0 Å². The Morgan fingerprint density at radius 2 is 1.69 bits per heavy atom. The van der Waals surface area contributed by atoms with Crippen molar-refractivity contribution < 1.29 is 0 Å². The monoisotopic (exact) mass is 382 g/mol. The first-order valence-corrected chi connectivity index (χ1v) is 10.4. The maximum atomic E-state index is 5.83. The van der Waals surface area contributed by atoms with Crippen molar-refractivity contribution in [2.45, 2.75) is 13.6 Å². The van der Waals surface area contributed by atoms with Gasteiger partial charge in [-0.15, -0.1) is 5.10 Å². The van der Waals surface area contributed by atoms with Gasteiger partial charge in [-0.1, -0.05) is 48.0 Å². The first kappa shape index (κ1) is 17.5. The molecule has 134 valence electrons. The van der Waals surface area contributed by atoms with Crippen LogP contribution in [-0.4, -0.2) is 43.8 Å². The second-order valence-corrected chi connectivity index (χ2v) is 8.10. The minimum Gasteiger partial charge on any atom is -0.283 e. The third-order valence-electron chi connectivity index (χ3n) is 4.60. The number of aromatic nitrogens is 3. The first-order chi connectivity index (χ1) is 12.7. The highest BCUT2D eigenvalue weighted by atomic mass is 32.2. The van der Waals surface area contributed by atoms with Gasteiger partial charge < -0.3 is 0 Å². The van der Waals surface area contributed by atoms with E-state index in [1.54, 1.807) is 0 Å². The lowest BCUT2D eigenvalue weighted by Crippen LogP contribution is -2.34. The van der Waals surface area contributed by atoms with E-state index in [1.165, 1.54) is 17.1 Å². The molecular formula is C20H22N4S2. The zero-order valence-electron chi connectivity index (χ0n) is 14.8. The molecule has 0 radical (unpaired) electrons. The fourth-order valence-electron chi connectivity index (χ4n) is 3.13. The summed E-state index contributed by atoms with van der Waals surface area (Å²) >= 11 is 7.84. The molecule has 0 amide bonds. The summed E-state index contributed by atoms with van der Waals surface area (Å²) in [5.41, 5.74) is 3.37. The second kappa shape index (κ2) is 7.78. The maximum Gasteiger partial charge on any atom is 0.204 e. The van der Waals surface area contributed by atoms with Crippen LogP contribution in [-0.2, 0) is 6.67 Å².